The van der Waals surface area contributed by atoms with Gasteiger partial charge in [-0.05, 0) is 18.2 Å². The largest absolute Gasteiger partial charge is 0.383 e. The maximum Gasteiger partial charge on any atom is 0.126 e. The highest BCUT2D eigenvalue weighted by Crippen LogP contribution is 2.12. The van der Waals surface area contributed by atoms with Gasteiger partial charge in [0.15, 0.2) is 0 Å². The Morgan fingerprint density at radius 1 is 1.41 bits per heavy atom. The Hall–Kier alpha value is -2.42. The maximum atomic E-state index is 13.1. The summed E-state index contributed by atoms with van der Waals surface area (Å²) in [6.45, 7) is 1.20. The fourth-order valence-electron chi connectivity index (χ4n) is 1.42. The number of hydrogen-bond acceptors (Lipinski definition) is 4. The standard InChI is InChI=1S/C11H10FN5/c12-10-5-9(8-13)6-11(7-10)14-1-3-17-4-2-15-16-17/h2,4-7,14H,1,3H2. The molecule has 0 radical (unpaired) electrons. The topological polar surface area (TPSA) is 66.5 Å². The predicted octanol–water partition coefficient (Wildman–Crippen LogP) is 1.40. The number of rotatable bonds is 4. The molecule has 0 unspecified atom stereocenters. The molecule has 1 heterocycles. The van der Waals surface area contributed by atoms with Crippen molar-refractivity contribution in [2.75, 3.05) is 11.9 Å². The van der Waals surface area contributed by atoms with Crippen LogP contribution in [0.3, 0.4) is 0 Å². The molecule has 0 aliphatic rings. The van der Waals surface area contributed by atoms with Gasteiger partial charge >= 0.3 is 0 Å². The van der Waals surface area contributed by atoms with Crippen molar-refractivity contribution in [3.63, 3.8) is 0 Å². The molecule has 17 heavy (non-hydrogen) atoms. The lowest BCUT2D eigenvalue weighted by Crippen LogP contribution is -2.11. The summed E-state index contributed by atoms with van der Waals surface area (Å²) >= 11 is 0. The van der Waals surface area contributed by atoms with Crippen LogP contribution in [0.15, 0.2) is 30.6 Å². The number of nitriles is 1. The van der Waals surface area contributed by atoms with Gasteiger partial charge in [-0.2, -0.15) is 5.26 Å². The second-order valence-electron chi connectivity index (χ2n) is 3.43. The number of benzene rings is 1. The summed E-state index contributed by atoms with van der Waals surface area (Å²) < 4.78 is 14.8. The van der Waals surface area contributed by atoms with Crippen molar-refractivity contribution >= 4 is 5.69 Å². The molecule has 2 rings (SSSR count). The summed E-state index contributed by atoms with van der Waals surface area (Å²) in [5.41, 5.74) is 0.884. The molecule has 0 amide bonds. The third-order valence-electron chi connectivity index (χ3n) is 2.17. The molecule has 5 nitrogen and oxygen atoms in total. The summed E-state index contributed by atoms with van der Waals surface area (Å²) in [6.07, 6.45) is 3.34. The van der Waals surface area contributed by atoms with Crippen LogP contribution in [-0.2, 0) is 6.54 Å². The van der Waals surface area contributed by atoms with Crippen LogP contribution in [0.25, 0.3) is 0 Å². The van der Waals surface area contributed by atoms with Crippen molar-refractivity contribution in [2.45, 2.75) is 6.54 Å². The average molecular weight is 231 g/mol. The lowest BCUT2D eigenvalue weighted by Gasteiger charge is -2.06. The van der Waals surface area contributed by atoms with Crippen LogP contribution in [0.5, 0.6) is 0 Å². The summed E-state index contributed by atoms with van der Waals surface area (Å²) in [5.74, 6) is -0.424. The van der Waals surface area contributed by atoms with Crippen molar-refractivity contribution in [1.29, 1.82) is 5.26 Å². The van der Waals surface area contributed by atoms with E-state index < -0.39 is 5.82 Å². The van der Waals surface area contributed by atoms with E-state index in [4.69, 9.17) is 5.26 Å². The van der Waals surface area contributed by atoms with Gasteiger partial charge < -0.3 is 5.32 Å². The first-order valence-electron chi connectivity index (χ1n) is 5.06. The van der Waals surface area contributed by atoms with Crippen LogP contribution >= 0.6 is 0 Å². The number of anilines is 1. The van der Waals surface area contributed by atoms with Crippen molar-refractivity contribution in [3.8, 4) is 6.07 Å². The van der Waals surface area contributed by atoms with Gasteiger partial charge in [0, 0.05) is 18.4 Å². The number of nitrogens with one attached hydrogen (secondary N) is 1. The molecule has 1 aromatic carbocycles. The number of nitrogens with zero attached hydrogens (tertiary/aromatic N) is 4. The Morgan fingerprint density at radius 3 is 3.00 bits per heavy atom. The molecule has 0 aliphatic heterocycles. The molecule has 86 valence electrons. The Morgan fingerprint density at radius 2 is 2.29 bits per heavy atom. The van der Waals surface area contributed by atoms with Crippen molar-refractivity contribution in [1.82, 2.24) is 15.0 Å². The molecule has 0 aliphatic carbocycles. The number of hydrogen-bond donors (Lipinski definition) is 1. The third-order valence-corrected chi connectivity index (χ3v) is 2.17. The fraction of sp³-hybridized carbons (Fsp3) is 0.182. The Kier molecular flexibility index (Phi) is 3.31. The van der Waals surface area contributed by atoms with E-state index in [2.05, 4.69) is 15.6 Å². The van der Waals surface area contributed by atoms with Crippen LogP contribution in [0.1, 0.15) is 5.56 Å². The monoisotopic (exact) mass is 231 g/mol. The lowest BCUT2D eigenvalue weighted by atomic mass is 10.2. The molecule has 0 fully saturated rings. The minimum atomic E-state index is -0.424. The van der Waals surface area contributed by atoms with E-state index >= 15 is 0 Å². The second-order valence-corrected chi connectivity index (χ2v) is 3.43. The van der Waals surface area contributed by atoms with Gasteiger partial charge in [0.2, 0.25) is 0 Å². The predicted molar refractivity (Wildman–Crippen MR) is 59.6 cm³/mol. The first kappa shape index (κ1) is 11.1. The van der Waals surface area contributed by atoms with Gasteiger partial charge in [-0.25, -0.2) is 4.39 Å². The molecule has 0 spiro atoms. The van der Waals surface area contributed by atoms with Gasteiger partial charge in [-0.3, -0.25) is 4.68 Å². The average Bonchev–Trinajstić information content (AvgIpc) is 2.81. The summed E-state index contributed by atoms with van der Waals surface area (Å²) in [5, 5.41) is 19.2. The molecule has 0 bridgehead atoms. The normalized spacial score (nSPS) is 9.88. The maximum absolute atomic E-state index is 13.1. The first-order chi connectivity index (χ1) is 8.28. The molecular weight excluding hydrogens is 221 g/mol. The van der Waals surface area contributed by atoms with E-state index in [0.29, 0.717) is 24.3 Å². The van der Waals surface area contributed by atoms with E-state index in [0.717, 1.165) is 0 Å². The molecule has 6 heteroatoms. The summed E-state index contributed by atoms with van der Waals surface area (Å²) in [4.78, 5) is 0. The van der Waals surface area contributed by atoms with Crippen LogP contribution in [0.4, 0.5) is 10.1 Å². The smallest absolute Gasteiger partial charge is 0.126 e. The van der Waals surface area contributed by atoms with E-state index in [1.54, 1.807) is 23.1 Å². The lowest BCUT2D eigenvalue weighted by molar-refractivity contribution is 0.607. The van der Waals surface area contributed by atoms with Gasteiger partial charge in [0.25, 0.3) is 0 Å². The van der Waals surface area contributed by atoms with E-state index in [1.165, 1.54) is 12.1 Å². The minimum Gasteiger partial charge on any atom is -0.383 e. The van der Waals surface area contributed by atoms with E-state index in [9.17, 15) is 4.39 Å². The zero-order chi connectivity index (χ0) is 12.1. The van der Waals surface area contributed by atoms with Crippen LogP contribution in [0.2, 0.25) is 0 Å². The molecule has 0 atom stereocenters. The van der Waals surface area contributed by atoms with Crippen LogP contribution in [0, 0.1) is 17.1 Å². The van der Waals surface area contributed by atoms with Gasteiger partial charge in [-0.15, -0.1) is 5.10 Å². The highest BCUT2D eigenvalue weighted by Gasteiger charge is 2.00. The minimum absolute atomic E-state index is 0.299. The van der Waals surface area contributed by atoms with Gasteiger partial charge in [-0.1, -0.05) is 5.21 Å². The van der Waals surface area contributed by atoms with Crippen molar-refractivity contribution in [2.24, 2.45) is 0 Å². The third kappa shape index (κ3) is 3.01. The highest BCUT2D eigenvalue weighted by molar-refractivity contribution is 5.49. The molecular formula is C11H10FN5. The molecule has 1 aromatic heterocycles. The summed E-state index contributed by atoms with van der Waals surface area (Å²) in [7, 11) is 0. The van der Waals surface area contributed by atoms with Crippen molar-refractivity contribution < 1.29 is 4.39 Å². The molecule has 0 saturated carbocycles. The quantitative estimate of drug-likeness (QED) is 0.863. The van der Waals surface area contributed by atoms with Crippen LogP contribution < -0.4 is 5.32 Å². The molecule has 0 saturated heterocycles. The highest BCUT2D eigenvalue weighted by atomic mass is 19.1. The Balaban J connectivity index is 1.95. The number of halogens is 1. The first-order valence-corrected chi connectivity index (χ1v) is 5.06. The molecule has 1 N–H and O–H groups in total. The Labute approximate surface area is 97.5 Å². The zero-order valence-electron chi connectivity index (χ0n) is 8.97. The molecule has 2 aromatic rings. The fourth-order valence-corrected chi connectivity index (χ4v) is 1.42. The SMILES string of the molecule is N#Cc1cc(F)cc(NCCn2ccnn2)c1. The summed E-state index contributed by atoms with van der Waals surface area (Å²) in [6, 6.07) is 6.05. The zero-order valence-corrected chi connectivity index (χ0v) is 8.97. The Bertz CT molecular complexity index is 529. The van der Waals surface area contributed by atoms with Crippen molar-refractivity contribution in [3.05, 3.63) is 42.0 Å². The van der Waals surface area contributed by atoms with E-state index in [1.807, 2.05) is 6.07 Å². The second kappa shape index (κ2) is 5.07. The van der Waals surface area contributed by atoms with Gasteiger partial charge in [0.1, 0.15) is 5.82 Å². The number of aromatic nitrogens is 3. The van der Waals surface area contributed by atoms with E-state index in [-0.39, 0.29) is 0 Å². The van der Waals surface area contributed by atoms with Crippen LogP contribution in [-0.4, -0.2) is 21.5 Å². The van der Waals surface area contributed by atoms with Gasteiger partial charge in [0.05, 0.1) is 24.4 Å².